The zero-order valence-electron chi connectivity index (χ0n) is 11.8. The number of aromatic amines is 1. The van der Waals surface area contributed by atoms with Crippen LogP contribution in [0.2, 0.25) is 0 Å². The van der Waals surface area contributed by atoms with Crippen LogP contribution in [0.4, 0.5) is 0 Å². The Hall–Kier alpha value is -0.260. The van der Waals surface area contributed by atoms with E-state index < -0.39 is 0 Å². The monoisotopic (exact) mass is 344 g/mol. The minimum atomic E-state index is -0.341. The fourth-order valence-corrected chi connectivity index (χ4v) is 3.19. The zero-order valence-corrected chi connectivity index (χ0v) is 14.2. The summed E-state index contributed by atoms with van der Waals surface area (Å²) in [5, 5.41) is 0. The molecule has 1 heterocycles. The van der Waals surface area contributed by atoms with Gasteiger partial charge in [-0.3, -0.25) is 0 Å². The van der Waals surface area contributed by atoms with E-state index >= 15 is 0 Å². The van der Waals surface area contributed by atoms with Gasteiger partial charge in [0.25, 0.3) is 0 Å². The summed E-state index contributed by atoms with van der Waals surface area (Å²) >= 11 is 8.96. The second kappa shape index (κ2) is 6.02. The van der Waals surface area contributed by atoms with Crippen molar-refractivity contribution in [3.8, 4) is 0 Å². The number of nitrogens with zero attached hydrogens (tertiary/aromatic N) is 1. The van der Waals surface area contributed by atoms with Crippen LogP contribution in [0.25, 0.3) is 0 Å². The molecule has 5 heteroatoms. The van der Waals surface area contributed by atoms with Gasteiger partial charge in [0.05, 0.1) is 4.47 Å². The first kappa shape index (κ1) is 15.1. The Morgan fingerprint density at radius 3 is 2.47 bits per heavy atom. The average molecular weight is 345 g/mol. The highest BCUT2D eigenvalue weighted by molar-refractivity contribution is 9.10. The van der Waals surface area contributed by atoms with Crippen LogP contribution in [-0.2, 0) is 10.3 Å². The molecule has 3 nitrogen and oxygen atoms in total. The van der Waals surface area contributed by atoms with Gasteiger partial charge < -0.3 is 9.72 Å². The van der Waals surface area contributed by atoms with Gasteiger partial charge in [-0.1, -0.05) is 26.1 Å². The van der Waals surface area contributed by atoms with Crippen LogP contribution < -0.4 is 0 Å². The first-order chi connectivity index (χ1) is 9.07. The molecule has 0 amide bonds. The largest absolute Gasteiger partial charge is 0.367 e. The Labute approximate surface area is 128 Å². The second-order valence-corrected chi connectivity index (χ2v) is 6.21. The number of nitrogens with one attached hydrogen (secondary N) is 1. The maximum atomic E-state index is 6.01. The molecule has 106 valence electrons. The Morgan fingerprint density at radius 1 is 1.37 bits per heavy atom. The number of aromatic nitrogens is 2. The third-order valence-electron chi connectivity index (χ3n) is 3.87. The van der Waals surface area contributed by atoms with Crippen molar-refractivity contribution in [1.29, 1.82) is 0 Å². The van der Waals surface area contributed by atoms with E-state index in [4.69, 9.17) is 17.0 Å². The van der Waals surface area contributed by atoms with Crippen LogP contribution in [0.3, 0.4) is 0 Å². The van der Waals surface area contributed by atoms with E-state index in [1.165, 1.54) is 18.5 Å². The van der Waals surface area contributed by atoms with E-state index in [1.807, 2.05) is 6.92 Å². The minimum absolute atomic E-state index is 0.341. The quantitative estimate of drug-likeness (QED) is 0.751. The number of halogens is 1. The highest BCUT2D eigenvalue weighted by Gasteiger charge is 2.34. The minimum Gasteiger partial charge on any atom is -0.367 e. The van der Waals surface area contributed by atoms with Crippen molar-refractivity contribution < 1.29 is 4.74 Å². The van der Waals surface area contributed by atoms with Gasteiger partial charge in [-0.25, -0.2) is 4.98 Å². The lowest BCUT2D eigenvalue weighted by Gasteiger charge is -2.31. The molecular formula is C14H21BrN2OS. The van der Waals surface area contributed by atoms with Crippen LogP contribution >= 0.6 is 28.1 Å². The van der Waals surface area contributed by atoms with Crippen molar-refractivity contribution in [1.82, 2.24) is 9.97 Å². The maximum Gasteiger partial charge on any atom is 0.144 e. The molecule has 0 saturated heterocycles. The molecule has 0 atom stereocenters. The number of hydrogen-bond acceptors (Lipinski definition) is 3. The predicted molar refractivity (Wildman–Crippen MR) is 83.0 cm³/mol. The van der Waals surface area contributed by atoms with E-state index in [0.29, 0.717) is 17.2 Å². The summed E-state index contributed by atoms with van der Waals surface area (Å²) in [6.07, 6.45) is 4.24. The molecule has 0 aliphatic heterocycles. The molecule has 0 unspecified atom stereocenters. The normalized spacial score (nSPS) is 15.8. The molecule has 19 heavy (non-hydrogen) atoms. The summed E-state index contributed by atoms with van der Waals surface area (Å²) in [6.45, 7) is 6.97. The summed E-state index contributed by atoms with van der Waals surface area (Å²) in [6, 6.07) is 0. The van der Waals surface area contributed by atoms with Crippen molar-refractivity contribution in [2.45, 2.75) is 58.0 Å². The Balaban J connectivity index is 2.51. The van der Waals surface area contributed by atoms with Gasteiger partial charge in [-0.2, -0.15) is 0 Å². The van der Waals surface area contributed by atoms with Crippen molar-refractivity contribution in [2.75, 3.05) is 6.61 Å². The molecule has 1 aliphatic carbocycles. The van der Waals surface area contributed by atoms with Crippen molar-refractivity contribution in [3.05, 3.63) is 20.6 Å². The molecule has 1 aliphatic rings. The SMILES string of the molecule is CCOC(CC)(CC)c1nc(=S)c(Br)c(C2CC2)[nH]1. The average Bonchev–Trinajstić information content (AvgIpc) is 3.23. The number of rotatable bonds is 6. The van der Waals surface area contributed by atoms with Gasteiger partial charge in [0, 0.05) is 18.2 Å². The smallest absolute Gasteiger partial charge is 0.144 e. The van der Waals surface area contributed by atoms with Crippen LogP contribution in [0.5, 0.6) is 0 Å². The number of H-pyrrole nitrogens is 1. The van der Waals surface area contributed by atoms with Gasteiger partial charge >= 0.3 is 0 Å². The van der Waals surface area contributed by atoms with Crippen molar-refractivity contribution in [2.24, 2.45) is 0 Å². The summed E-state index contributed by atoms with van der Waals surface area (Å²) in [5.41, 5.74) is 0.855. The maximum absolute atomic E-state index is 6.01. The summed E-state index contributed by atoms with van der Waals surface area (Å²) in [5.74, 6) is 1.49. The highest BCUT2D eigenvalue weighted by atomic mass is 79.9. The molecule has 2 rings (SSSR count). The van der Waals surface area contributed by atoms with Gasteiger partial charge in [0.1, 0.15) is 16.1 Å². The lowest BCUT2D eigenvalue weighted by molar-refractivity contribution is -0.0574. The van der Waals surface area contributed by atoms with E-state index in [9.17, 15) is 0 Å². The van der Waals surface area contributed by atoms with Crippen LogP contribution in [-0.4, -0.2) is 16.6 Å². The molecule has 1 N–H and O–H groups in total. The molecule has 0 aromatic carbocycles. The van der Waals surface area contributed by atoms with Gasteiger partial charge in [-0.05, 0) is 48.5 Å². The summed E-state index contributed by atoms with van der Waals surface area (Å²) in [7, 11) is 0. The second-order valence-electron chi connectivity index (χ2n) is 5.03. The first-order valence-corrected chi connectivity index (χ1v) is 8.22. The van der Waals surface area contributed by atoms with Crippen molar-refractivity contribution in [3.63, 3.8) is 0 Å². The molecule has 1 aromatic heterocycles. The number of ether oxygens (including phenoxy) is 1. The van der Waals surface area contributed by atoms with Gasteiger partial charge in [0.2, 0.25) is 0 Å². The van der Waals surface area contributed by atoms with Gasteiger partial charge in [0.15, 0.2) is 0 Å². The molecule has 0 spiro atoms. The first-order valence-electron chi connectivity index (χ1n) is 7.02. The van der Waals surface area contributed by atoms with Crippen LogP contribution in [0.15, 0.2) is 4.47 Å². The fraction of sp³-hybridized carbons (Fsp3) is 0.714. The predicted octanol–water partition coefficient (Wildman–Crippen LogP) is 4.83. The van der Waals surface area contributed by atoms with E-state index in [0.717, 1.165) is 23.1 Å². The Kier molecular flexibility index (Phi) is 4.79. The van der Waals surface area contributed by atoms with E-state index in [2.05, 4.69) is 39.7 Å². The van der Waals surface area contributed by atoms with E-state index in [1.54, 1.807) is 0 Å². The molecule has 1 saturated carbocycles. The molecule has 1 fully saturated rings. The third-order valence-corrected chi connectivity index (χ3v) is 5.23. The summed E-state index contributed by atoms with van der Waals surface area (Å²) in [4.78, 5) is 8.06. The number of hydrogen-bond donors (Lipinski definition) is 1. The highest BCUT2D eigenvalue weighted by Crippen LogP contribution is 2.43. The molecule has 1 aromatic rings. The molecule has 0 bridgehead atoms. The molecule has 0 radical (unpaired) electrons. The Morgan fingerprint density at radius 2 is 2.00 bits per heavy atom. The standard InChI is InChI=1S/C14H21BrN2OS/c1-4-14(5-2,18-6-3)13-16-11(9-7-8-9)10(15)12(19)17-13/h9H,4-8H2,1-3H3,(H,16,17,19). The molecular weight excluding hydrogens is 324 g/mol. The van der Waals surface area contributed by atoms with Crippen LogP contribution in [0, 0.1) is 4.64 Å². The van der Waals surface area contributed by atoms with E-state index in [-0.39, 0.29) is 5.60 Å². The third kappa shape index (κ3) is 2.93. The summed E-state index contributed by atoms with van der Waals surface area (Å²) < 4.78 is 7.60. The lowest BCUT2D eigenvalue weighted by atomic mass is 9.95. The zero-order chi connectivity index (χ0) is 14.0. The van der Waals surface area contributed by atoms with Crippen molar-refractivity contribution >= 4 is 28.1 Å². The topological polar surface area (TPSA) is 37.9 Å². The van der Waals surface area contributed by atoms with Gasteiger partial charge in [-0.15, -0.1) is 0 Å². The lowest BCUT2D eigenvalue weighted by Crippen LogP contribution is -2.31. The van der Waals surface area contributed by atoms with Crippen LogP contribution in [0.1, 0.15) is 63.9 Å². The Bertz CT molecular complexity index is 507. The fourth-order valence-electron chi connectivity index (χ4n) is 2.48.